The second-order valence-corrected chi connectivity index (χ2v) is 5.60. The molecule has 0 bridgehead atoms. The van der Waals surface area contributed by atoms with Crippen molar-refractivity contribution in [3.05, 3.63) is 47.5 Å². The van der Waals surface area contributed by atoms with Gasteiger partial charge in [-0.2, -0.15) is 0 Å². The van der Waals surface area contributed by atoms with E-state index in [1.165, 1.54) is 19.1 Å². The minimum Gasteiger partial charge on any atom is -0.468 e. The maximum atomic E-state index is 12.8. The Morgan fingerprint density at radius 1 is 1.08 bits per heavy atom. The highest BCUT2D eigenvalue weighted by Crippen LogP contribution is 2.23. The summed E-state index contributed by atoms with van der Waals surface area (Å²) in [7, 11) is 2.41. The summed E-state index contributed by atoms with van der Waals surface area (Å²) in [4.78, 5) is 38.5. The van der Waals surface area contributed by atoms with E-state index in [2.05, 4.69) is 0 Å². The average Bonchev–Trinajstić information content (AvgIpc) is 2.62. The molecular weight excluding hydrogens is 310 g/mol. The van der Waals surface area contributed by atoms with E-state index in [-0.39, 0.29) is 5.91 Å². The van der Waals surface area contributed by atoms with Crippen LogP contribution in [-0.4, -0.2) is 49.6 Å². The Labute approximate surface area is 141 Å². The maximum absolute atomic E-state index is 12.8. The summed E-state index contributed by atoms with van der Waals surface area (Å²) in [5.74, 6) is -2.88. The standard InChI is InChI=1S/C18H21NO5/c1-12-7-9-13(10-8-12)16(20)19-11-5-4-6-14(19)15(17(21)23-2)18(22)24-3/h4,6-10,14-15H,5,11H2,1-3H3/t14-/m1/s1. The number of carbonyl (C=O) groups is 3. The first-order chi connectivity index (χ1) is 11.5. The van der Waals surface area contributed by atoms with E-state index in [1.807, 2.05) is 25.1 Å². The van der Waals surface area contributed by atoms with Crippen LogP contribution in [0.5, 0.6) is 0 Å². The number of hydrogen-bond donors (Lipinski definition) is 0. The third-order valence-corrected chi connectivity index (χ3v) is 4.04. The molecule has 0 spiro atoms. The highest BCUT2D eigenvalue weighted by atomic mass is 16.5. The second kappa shape index (κ2) is 7.77. The monoisotopic (exact) mass is 331 g/mol. The van der Waals surface area contributed by atoms with Gasteiger partial charge in [0.25, 0.3) is 5.91 Å². The van der Waals surface area contributed by atoms with E-state index in [9.17, 15) is 14.4 Å². The lowest BCUT2D eigenvalue weighted by atomic mass is 9.94. The summed E-state index contributed by atoms with van der Waals surface area (Å²) in [6.45, 7) is 2.35. The lowest BCUT2D eigenvalue weighted by molar-refractivity contribution is -0.160. The molecule has 6 nitrogen and oxygen atoms in total. The topological polar surface area (TPSA) is 72.9 Å². The molecule has 0 aromatic heterocycles. The van der Waals surface area contributed by atoms with Crippen molar-refractivity contribution in [1.29, 1.82) is 0 Å². The van der Waals surface area contributed by atoms with Gasteiger partial charge in [0.05, 0.1) is 20.3 Å². The van der Waals surface area contributed by atoms with E-state index >= 15 is 0 Å². The minimum atomic E-state index is -1.20. The molecule has 1 aliphatic heterocycles. The van der Waals surface area contributed by atoms with Gasteiger partial charge in [0, 0.05) is 12.1 Å². The number of ether oxygens (including phenoxy) is 2. The zero-order chi connectivity index (χ0) is 17.7. The fourth-order valence-electron chi connectivity index (χ4n) is 2.72. The summed E-state index contributed by atoms with van der Waals surface area (Å²) < 4.78 is 9.45. The first-order valence-corrected chi connectivity index (χ1v) is 7.69. The van der Waals surface area contributed by atoms with Crippen LogP contribution in [-0.2, 0) is 19.1 Å². The summed E-state index contributed by atoms with van der Waals surface area (Å²) >= 11 is 0. The third-order valence-electron chi connectivity index (χ3n) is 4.04. The van der Waals surface area contributed by atoms with Gasteiger partial charge in [-0.3, -0.25) is 14.4 Å². The van der Waals surface area contributed by atoms with Crippen molar-refractivity contribution in [2.75, 3.05) is 20.8 Å². The highest BCUT2D eigenvalue weighted by Gasteiger charge is 2.41. The van der Waals surface area contributed by atoms with Gasteiger partial charge in [0.2, 0.25) is 0 Å². The average molecular weight is 331 g/mol. The number of hydrogen-bond acceptors (Lipinski definition) is 5. The van der Waals surface area contributed by atoms with Crippen LogP contribution in [0.15, 0.2) is 36.4 Å². The molecule has 0 fully saturated rings. The number of rotatable bonds is 4. The molecule has 24 heavy (non-hydrogen) atoms. The number of nitrogens with zero attached hydrogens (tertiary/aromatic N) is 1. The van der Waals surface area contributed by atoms with E-state index in [0.717, 1.165) is 5.56 Å². The van der Waals surface area contributed by atoms with Gasteiger partial charge in [-0.25, -0.2) is 0 Å². The Balaban J connectivity index is 2.34. The summed E-state index contributed by atoms with van der Waals surface area (Å²) in [6.07, 6.45) is 4.19. The first-order valence-electron chi connectivity index (χ1n) is 7.69. The molecule has 1 atom stereocenters. The fraction of sp³-hybridized carbons (Fsp3) is 0.389. The molecule has 1 heterocycles. The van der Waals surface area contributed by atoms with Gasteiger partial charge in [-0.05, 0) is 25.5 Å². The molecule has 0 saturated heterocycles. The van der Waals surface area contributed by atoms with Crippen molar-refractivity contribution in [1.82, 2.24) is 4.90 Å². The quantitative estimate of drug-likeness (QED) is 0.477. The van der Waals surface area contributed by atoms with Gasteiger partial charge < -0.3 is 14.4 Å². The molecule has 0 radical (unpaired) electrons. The van der Waals surface area contributed by atoms with Crippen LogP contribution >= 0.6 is 0 Å². The van der Waals surface area contributed by atoms with Crippen molar-refractivity contribution in [2.24, 2.45) is 5.92 Å². The molecular formula is C18H21NO5. The van der Waals surface area contributed by atoms with E-state index in [0.29, 0.717) is 18.5 Å². The number of carbonyl (C=O) groups excluding carboxylic acids is 3. The Morgan fingerprint density at radius 3 is 2.21 bits per heavy atom. The Morgan fingerprint density at radius 2 is 1.67 bits per heavy atom. The van der Waals surface area contributed by atoms with Crippen LogP contribution in [0.1, 0.15) is 22.3 Å². The van der Waals surface area contributed by atoms with Crippen LogP contribution in [0.4, 0.5) is 0 Å². The van der Waals surface area contributed by atoms with Crippen LogP contribution in [0.3, 0.4) is 0 Å². The van der Waals surface area contributed by atoms with Crippen molar-refractivity contribution in [3.63, 3.8) is 0 Å². The molecule has 1 aliphatic rings. The summed E-state index contributed by atoms with van der Waals surface area (Å²) in [5.41, 5.74) is 1.55. The van der Waals surface area contributed by atoms with Crippen LogP contribution in [0.2, 0.25) is 0 Å². The smallest absolute Gasteiger partial charge is 0.322 e. The SMILES string of the molecule is COC(=O)C(C(=O)OC)[C@H]1C=CCCN1C(=O)c1ccc(C)cc1. The minimum absolute atomic E-state index is 0.234. The molecule has 128 valence electrons. The molecule has 0 aliphatic carbocycles. The van der Waals surface area contributed by atoms with Gasteiger partial charge in [-0.15, -0.1) is 0 Å². The summed E-state index contributed by atoms with van der Waals surface area (Å²) in [5, 5.41) is 0. The molecule has 0 N–H and O–H groups in total. The summed E-state index contributed by atoms with van der Waals surface area (Å²) in [6, 6.07) is 6.43. The lowest BCUT2D eigenvalue weighted by Crippen LogP contribution is -2.50. The number of benzene rings is 1. The zero-order valence-electron chi connectivity index (χ0n) is 14.0. The van der Waals surface area contributed by atoms with Gasteiger partial charge in [-0.1, -0.05) is 29.8 Å². The third kappa shape index (κ3) is 3.64. The van der Waals surface area contributed by atoms with Crippen molar-refractivity contribution >= 4 is 17.8 Å². The maximum Gasteiger partial charge on any atom is 0.322 e. The molecule has 2 rings (SSSR count). The van der Waals surface area contributed by atoms with Crippen LogP contribution in [0.25, 0.3) is 0 Å². The largest absolute Gasteiger partial charge is 0.468 e. The Kier molecular flexibility index (Phi) is 5.73. The molecule has 6 heteroatoms. The second-order valence-electron chi connectivity index (χ2n) is 5.60. The van der Waals surface area contributed by atoms with E-state index in [1.54, 1.807) is 18.2 Å². The number of methoxy groups -OCH3 is 2. The molecule has 0 unspecified atom stereocenters. The molecule has 1 amide bonds. The predicted octanol–water partition coefficient (Wildman–Crippen LogP) is 1.73. The Hall–Kier alpha value is -2.63. The van der Waals surface area contributed by atoms with Crippen molar-refractivity contribution in [2.45, 2.75) is 19.4 Å². The van der Waals surface area contributed by atoms with Crippen molar-refractivity contribution < 1.29 is 23.9 Å². The van der Waals surface area contributed by atoms with E-state index in [4.69, 9.17) is 9.47 Å². The van der Waals surface area contributed by atoms with Crippen molar-refractivity contribution in [3.8, 4) is 0 Å². The Bertz CT molecular complexity index is 634. The first kappa shape index (κ1) is 17.7. The van der Waals surface area contributed by atoms with Gasteiger partial charge >= 0.3 is 11.9 Å². The van der Waals surface area contributed by atoms with Crippen LogP contribution < -0.4 is 0 Å². The normalized spacial score (nSPS) is 16.8. The van der Waals surface area contributed by atoms with E-state index < -0.39 is 23.9 Å². The van der Waals surface area contributed by atoms with Crippen LogP contribution in [0, 0.1) is 12.8 Å². The zero-order valence-corrected chi connectivity index (χ0v) is 14.0. The molecule has 0 saturated carbocycles. The lowest BCUT2D eigenvalue weighted by Gasteiger charge is -2.35. The number of esters is 2. The molecule has 1 aromatic carbocycles. The highest BCUT2D eigenvalue weighted by molar-refractivity contribution is 5.99. The van der Waals surface area contributed by atoms with Gasteiger partial charge in [0.1, 0.15) is 0 Å². The number of amides is 1. The van der Waals surface area contributed by atoms with Gasteiger partial charge in [0.15, 0.2) is 5.92 Å². The predicted molar refractivity (Wildman–Crippen MR) is 87.3 cm³/mol. The number of aryl methyl sites for hydroxylation is 1. The molecule has 1 aromatic rings. The fourth-order valence-corrected chi connectivity index (χ4v) is 2.72.